The lowest BCUT2D eigenvalue weighted by Crippen LogP contribution is -2.46. The first-order chi connectivity index (χ1) is 19.2. The van der Waals surface area contributed by atoms with Gasteiger partial charge in [0.25, 0.3) is 0 Å². The van der Waals surface area contributed by atoms with Crippen LogP contribution < -0.4 is 5.32 Å². The van der Waals surface area contributed by atoms with Crippen molar-refractivity contribution in [3.8, 4) is 0 Å². The van der Waals surface area contributed by atoms with Crippen LogP contribution in [0, 0.1) is 6.92 Å². The molecule has 214 valence electrons. The van der Waals surface area contributed by atoms with Crippen LogP contribution in [0.3, 0.4) is 0 Å². The molecule has 0 spiro atoms. The van der Waals surface area contributed by atoms with Crippen LogP contribution in [-0.2, 0) is 16.0 Å². The van der Waals surface area contributed by atoms with Gasteiger partial charge in [-0.3, -0.25) is 9.59 Å². The van der Waals surface area contributed by atoms with Crippen LogP contribution >= 0.6 is 46.1 Å². The normalized spacial score (nSPS) is 14.7. The lowest BCUT2D eigenvalue weighted by atomic mass is 10.0. The Kier molecular flexibility index (Phi) is 11.3. The Balaban J connectivity index is 1.10. The van der Waals surface area contributed by atoms with Gasteiger partial charge in [-0.05, 0) is 92.1 Å². The molecular weight excluding hydrogens is 585 g/mol. The van der Waals surface area contributed by atoms with Gasteiger partial charge in [-0.15, -0.1) is 11.3 Å². The van der Waals surface area contributed by atoms with Crippen molar-refractivity contribution in [2.24, 2.45) is 0 Å². The van der Waals surface area contributed by atoms with E-state index in [1.54, 1.807) is 29.5 Å². The Morgan fingerprint density at radius 2 is 1.82 bits per heavy atom. The largest absolute Gasteiger partial charge is 0.353 e. The molecule has 1 aliphatic rings. The minimum atomic E-state index is -0.112. The highest BCUT2D eigenvalue weighted by molar-refractivity contribution is 7.19. The van der Waals surface area contributed by atoms with Crippen LogP contribution in [0.2, 0.25) is 15.1 Å². The summed E-state index contributed by atoms with van der Waals surface area (Å²) in [7, 11) is 1.95. The molecule has 2 amide bonds. The first kappa shape index (κ1) is 30.9. The fraction of sp³-hybridized carbons (Fsp3) is 0.419. The number of thiophene rings is 1. The van der Waals surface area contributed by atoms with Crippen molar-refractivity contribution >= 4 is 74.1 Å². The minimum absolute atomic E-state index is 0.112. The SMILES string of the molecule is Cc1c(CC(=O)N(C)C2CCN(CCCCCNC(=O)/C=C/c3ccc(Cl)c(Cl)c3)CC2)sc2ccc(Cl)cc12. The number of likely N-dealkylation sites (N-methyl/N-ethyl adjacent to an activating group) is 1. The zero-order chi connectivity index (χ0) is 28.6. The number of benzene rings is 2. The summed E-state index contributed by atoms with van der Waals surface area (Å²) in [6.45, 7) is 5.82. The van der Waals surface area contributed by atoms with Gasteiger partial charge in [0.05, 0.1) is 16.5 Å². The van der Waals surface area contributed by atoms with E-state index in [9.17, 15) is 9.59 Å². The first-order valence-electron chi connectivity index (χ1n) is 13.8. The molecule has 1 aromatic heterocycles. The van der Waals surface area contributed by atoms with Gasteiger partial charge in [-0.1, -0.05) is 47.3 Å². The van der Waals surface area contributed by atoms with Crippen molar-refractivity contribution in [1.82, 2.24) is 15.1 Å². The van der Waals surface area contributed by atoms with Crippen LogP contribution in [-0.4, -0.2) is 60.9 Å². The molecule has 4 rings (SSSR count). The number of piperidine rings is 1. The Hall–Kier alpha value is -2.09. The summed E-state index contributed by atoms with van der Waals surface area (Å²) in [5.41, 5.74) is 2.00. The lowest BCUT2D eigenvalue weighted by molar-refractivity contribution is -0.132. The van der Waals surface area contributed by atoms with Gasteiger partial charge in [0.15, 0.2) is 0 Å². The molecule has 0 unspecified atom stereocenters. The number of aryl methyl sites for hydroxylation is 1. The van der Waals surface area contributed by atoms with Crippen molar-refractivity contribution in [3.63, 3.8) is 0 Å². The number of nitrogens with one attached hydrogen (secondary N) is 1. The molecule has 1 N–H and O–H groups in total. The molecule has 0 saturated carbocycles. The second-order valence-corrected chi connectivity index (χ2v) is 12.8. The van der Waals surface area contributed by atoms with E-state index in [1.807, 2.05) is 36.2 Å². The zero-order valence-corrected chi connectivity index (χ0v) is 26.1. The first-order valence-corrected chi connectivity index (χ1v) is 15.7. The third kappa shape index (κ3) is 8.46. The second kappa shape index (κ2) is 14.7. The summed E-state index contributed by atoms with van der Waals surface area (Å²) in [5, 5.41) is 5.78. The van der Waals surface area contributed by atoms with E-state index < -0.39 is 0 Å². The maximum Gasteiger partial charge on any atom is 0.243 e. The number of halogens is 3. The van der Waals surface area contributed by atoms with Gasteiger partial charge in [0.1, 0.15) is 0 Å². The number of rotatable bonds is 11. The molecule has 5 nitrogen and oxygen atoms in total. The number of hydrogen-bond donors (Lipinski definition) is 1. The number of unbranched alkanes of at least 4 members (excludes halogenated alkanes) is 2. The molecule has 9 heteroatoms. The number of nitrogens with zero attached hydrogens (tertiary/aromatic N) is 2. The molecule has 0 bridgehead atoms. The monoisotopic (exact) mass is 619 g/mol. The maximum atomic E-state index is 13.1. The number of carbonyl (C=O) groups is 2. The summed E-state index contributed by atoms with van der Waals surface area (Å²) in [6.07, 6.45) is 8.82. The summed E-state index contributed by atoms with van der Waals surface area (Å²) in [4.78, 5) is 30.7. The smallest absolute Gasteiger partial charge is 0.243 e. The number of hydrogen-bond acceptors (Lipinski definition) is 4. The molecule has 3 aromatic rings. The standard InChI is InChI=1S/C31H36Cl3N3O2S/c1-21-25-19-23(32)8-10-28(25)40-29(21)20-31(39)36(2)24-12-16-37(17-13-24)15-5-3-4-14-35-30(38)11-7-22-6-9-26(33)27(34)18-22/h6-11,18-19,24H,3-5,12-17,20H2,1-2H3,(H,35,38)/b11-7+. The highest BCUT2D eigenvalue weighted by atomic mass is 35.5. The molecule has 1 fully saturated rings. The van der Waals surface area contributed by atoms with Gasteiger partial charge in [-0.25, -0.2) is 0 Å². The van der Waals surface area contributed by atoms with Crippen molar-refractivity contribution in [2.75, 3.05) is 33.2 Å². The molecule has 2 aromatic carbocycles. The third-order valence-electron chi connectivity index (χ3n) is 7.63. The highest BCUT2D eigenvalue weighted by Gasteiger charge is 2.26. The average molecular weight is 621 g/mol. The molecule has 0 radical (unpaired) electrons. The molecule has 1 saturated heterocycles. The van der Waals surface area contributed by atoms with Crippen LogP contribution in [0.5, 0.6) is 0 Å². The minimum Gasteiger partial charge on any atom is -0.353 e. The van der Waals surface area contributed by atoms with Crippen molar-refractivity contribution in [1.29, 1.82) is 0 Å². The van der Waals surface area contributed by atoms with Gasteiger partial charge in [0.2, 0.25) is 11.8 Å². The van der Waals surface area contributed by atoms with E-state index in [0.717, 1.165) is 72.6 Å². The Bertz CT molecular complexity index is 1370. The van der Waals surface area contributed by atoms with E-state index in [2.05, 4.69) is 17.1 Å². The van der Waals surface area contributed by atoms with Crippen LogP contribution in [0.25, 0.3) is 16.2 Å². The van der Waals surface area contributed by atoms with Crippen LogP contribution in [0.4, 0.5) is 0 Å². The molecule has 0 atom stereocenters. The Labute approximate surface area is 256 Å². The summed E-state index contributed by atoms with van der Waals surface area (Å²) in [5.74, 6) is 0.0757. The topological polar surface area (TPSA) is 52.7 Å². The summed E-state index contributed by atoms with van der Waals surface area (Å²) < 4.78 is 1.18. The van der Waals surface area contributed by atoms with Gasteiger partial charge < -0.3 is 15.1 Å². The van der Waals surface area contributed by atoms with Gasteiger partial charge in [-0.2, -0.15) is 0 Å². The van der Waals surface area contributed by atoms with E-state index in [1.165, 1.54) is 16.3 Å². The third-order valence-corrected chi connectivity index (χ3v) is 9.88. The Morgan fingerprint density at radius 1 is 1.05 bits per heavy atom. The van der Waals surface area contributed by atoms with Crippen molar-refractivity contribution in [2.45, 2.75) is 51.5 Å². The summed E-state index contributed by atoms with van der Waals surface area (Å²) >= 11 is 19.8. The van der Waals surface area contributed by atoms with Crippen molar-refractivity contribution < 1.29 is 9.59 Å². The van der Waals surface area contributed by atoms with E-state index in [0.29, 0.717) is 29.1 Å². The fourth-order valence-corrected chi connectivity index (χ4v) is 6.76. The molecular formula is C31H36Cl3N3O2S. The quantitative estimate of drug-likeness (QED) is 0.177. The van der Waals surface area contributed by atoms with E-state index in [4.69, 9.17) is 34.8 Å². The van der Waals surface area contributed by atoms with Gasteiger partial charge >= 0.3 is 0 Å². The average Bonchev–Trinajstić information content (AvgIpc) is 3.25. The predicted molar refractivity (Wildman–Crippen MR) is 170 cm³/mol. The zero-order valence-electron chi connectivity index (χ0n) is 23.0. The predicted octanol–water partition coefficient (Wildman–Crippen LogP) is 7.64. The molecule has 0 aliphatic carbocycles. The molecule has 2 heterocycles. The number of carbonyl (C=O) groups excluding carboxylic acids is 2. The number of amides is 2. The van der Waals surface area contributed by atoms with E-state index in [-0.39, 0.29) is 11.8 Å². The lowest BCUT2D eigenvalue weighted by Gasteiger charge is -2.36. The number of fused-ring (bicyclic) bond motifs is 1. The molecule has 1 aliphatic heterocycles. The van der Waals surface area contributed by atoms with Crippen LogP contribution in [0.1, 0.15) is 48.1 Å². The molecule has 40 heavy (non-hydrogen) atoms. The summed E-state index contributed by atoms with van der Waals surface area (Å²) in [6, 6.07) is 11.5. The highest BCUT2D eigenvalue weighted by Crippen LogP contribution is 2.33. The Morgan fingerprint density at radius 3 is 2.58 bits per heavy atom. The van der Waals surface area contributed by atoms with Gasteiger partial charge in [0, 0.05) is 53.4 Å². The van der Waals surface area contributed by atoms with E-state index >= 15 is 0 Å². The fourth-order valence-electron chi connectivity index (χ4n) is 5.10. The van der Waals surface area contributed by atoms with Crippen LogP contribution in [0.15, 0.2) is 42.5 Å². The maximum absolute atomic E-state index is 13.1. The van der Waals surface area contributed by atoms with Crippen molar-refractivity contribution in [3.05, 3.63) is 73.5 Å². The number of likely N-dealkylation sites (tertiary alicyclic amines) is 1. The second-order valence-electron chi connectivity index (χ2n) is 10.4.